The van der Waals surface area contributed by atoms with Crippen molar-refractivity contribution in [3.8, 4) is 0 Å². The maximum Gasteiger partial charge on any atom is 0.193 e. The highest BCUT2D eigenvalue weighted by atomic mass is 79.9. The molecule has 3 rings (SSSR count). The molecule has 0 unspecified atom stereocenters. The summed E-state index contributed by atoms with van der Waals surface area (Å²) in [6, 6.07) is 3.27. The van der Waals surface area contributed by atoms with Crippen molar-refractivity contribution in [3.63, 3.8) is 0 Å². The fourth-order valence-electron chi connectivity index (χ4n) is 1.88. The summed E-state index contributed by atoms with van der Waals surface area (Å²) in [4.78, 5) is 5.44. The zero-order chi connectivity index (χ0) is 13.4. The Kier molecular flexibility index (Phi) is 3.28. The smallest absolute Gasteiger partial charge is 0.193 e. The first-order chi connectivity index (χ1) is 9.13. The molecule has 98 valence electrons. The van der Waals surface area contributed by atoms with Crippen molar-refractivity contribution in [2.45, 2.75) is 13.5 Å². The molecule has 2 aromatic heterocycles. The van der Waals surface area contributed by atoms with Gasteiger partial charge in [-0.3, -0.25) is 4.40 Å². The van der Waals surface area contributed by atoms with E-state index >= 15 is 0 Å². The van der Waals surface area contributed by atoms with Crippen LogP contribution in [0.5, 0.6) is 0 Å². The van der Waals surface area contributed by atoms with Gasteiger partial charge >= 0.3 is 0 Å². The lowest BCUT2D eigenvalue weighted by molar-refractivity contribution is 0.621. The molecule has 0 saturated heterocycles. The van der Waals surface area contributed by atoms with Crippen LogP contribution in [0.15, 0.2) is 34.4 Å². The van der Waals surface area contributed by atoms with E-state index in [2.05, 4.69) is 26.2 Å². The number of hydrogen-bond acceptors (Lipinski definition) is 3. The molecule has 0 atom stereocenters. The molecular weight excluding hydrogens is 329 g/mol. The fraction of sp³-hybridized carbons (Fsp3) is 0.154. The molecule has 0 saturated carbocycles. The number of hydrogen-bond donors (Lipinski definition) is 1. The summed E-state index contributed by atoms with van der Waals surface area (Å²) in [5.41, 5.74) is 2.72. The van der Waals surface area contributed by atoms with Crippen molar-refractivity contribution in [1.82, 2.24) is 9.38 Å². The van der Waals surface area contributed by atoms with Crippen LogP contribution < -0.4 is 5.32 Å². The van der Waals surface area contributed by atoms with E-state index in [0.29, 0.717) is 11.0 Å². The lowest BCUT2D eigenvalue weighted by Crippen LogP contribution is -2.02. The number of benzene rings is 1. The number of aromatic nitrogens is 2. The summed E-state index contributed by atoms with van der Waals surface area (Å²) in [5.74, 6) is -0.265. The number of aryl methyl sites for hydroxylation is 1. The average molecular weight is 340 g/mol. The minimum Gasteiger partial charge on any atom is -0.379 e. The van der Waals surface area contributed by atoms with E-state index in [1.54, 1.807) is 17.4 Å². The van der Waals surface area contributed by atoms with Crippen LogP contribution in [0, 0.1) is 12.7 Å². The molecule has 0 bridgehead atoms. The first-order valence-electron chi connectivity index (χ1n) is 5.74. The molecule has 0 amide bonds. The summed E-state index contributed by atoms with van der Waals surface area (Å²) >= 11 is 4.77. The second-order valence-corrected chi connectivity index (χ2v) is 5.99. The number of imidazole rings is 1. The summed E-state index contributed by atoms with van der Waals surface area (Å²) in [5, 5.41) is 5.21. The Morgan fingerprint density at radius 2 is 2.32 bits per heavy atom. The van der Waals surface area contributed by atoms with Crippen LogP contribution in [0.4, 0.5) is 10.1 Å². The van der Waals surface area contributed by atoms with Crippen molar-refractivity contribution in [3.05, 3.63) is 51.5 Å². The van der Waals surface area contributed by atoms with E-state index < -0.39 is 0 Å². The molecule has 6 heteroatoms. The Morgan fingerprint density at radius 1 is 1.47 bits per heavy atom. The predicted octanol–water partition coefficient (Wildman–Crippen LogP) is 4.22. The molecule has 0 aliphatic carbocycles. The van der Waals surface area contributed by atoms with Crippen LogP contribution in [0.1, 0.15) is 11.3 Å². The van der Waals surface area contributed by atoms with Gasteiger partial charge in [0.2, 0.25) is 0 Å². The van der Waals surface area contributed by atoms with Gasteiger partial charge in [-0.2, -0.15) is 0 Å². The maximum atomic E-state index is 13.5. The molecule has 3 nitrogen and oxygen atoms in total. The van der Waals surface area contributed by atoms with E-state index in [1.165, 1.54) is 6.07 Å². The van der Waals surface area contributed by atoms with Crippen LogP contribution in [0.3, 0.4) is 0 Å². The number of nitrogens with one attached hydrogen (secondary N) is 1. The first-order valence-corrected chi connectivity index (χ1v) is 7.41. The fourth-order valence-corrected chi connectivity index (χ4v) is 3.06. The molecule has 0 fully saturated rings. The predicted molar refractivity (Wildman–Crippen MR) is 79.2 cm³/mol. The average Bonchev–Trinajstić information content (AvgIpc) is 2.92. The Hall–Kier alpha value is -1.40. The standard InChI is InChI=1S/C13H11BrFN3S/c1-8-4-10(14)11(15)5-12(8)16-6-9-7-18-2-3-19-13(18)17-9/h2-5,7,16H,6H2,1H3. The molecule has 0 spiro atoms. The second kappa shape index (κ2) is 4.94. The van der Waals surface area contributed by atoms with E-state index in [4.69, 9.17) is 0 Å². The molecule has 19 heavy (non-hydrogen) atoms. The molecular formula is C13H11BrFN3S. The van der Waals surface area contributed by atoms with E-state index in [9.17, 15) is 4.39 Å². The third-order valence-corrected chi connectivity index (χ3v) is 4.25. The minimum absolute atomic E-state index is 0.265. The van der Waals surface area contributed by atoms with Crippen molar-refractivity contribution in [2.24, 2.45) is 0 Å². The number of thiazole rings is 1. The SMILES string of the molecule is Cc1cc(Br)c(F)cc1NCc1cn2ccsc2n1. The molecule has 0 aliphatic rings. The molecule has 0 radical (unpaired) electrons. The van der Waals surface area contributed by atoms with Crippen LogP contribution >= 0.6 is 27.3 Å². The number of rotatable bonds is 3. The zero-order valence-corrected chi connectivity index (χ0v) is 12.6. The largest absolute Gasteiger partial charge is 0.379 e. The van der Waals surface area contributed by atoms with Crippen LogP contribution in [-0.2, 0) is 6.54 Å². The normalized spacial score (nSPS) is 11.1. The molecule has 3 aromatic rings. The van der Waals surface area contributed by atoms with Gasteiger partial charge in [-0.1, -0.05) is 0 Å². The van der Waals surface area contributed by atoms with Gasteiger partial charge in [0, 0.05) is 23.5 Å². The number of halogens is 2. The second-order valence-electron chi connectivity index (χ2n) is 4.26. The van der Waals surface area contributed by atoms with Gasteiger partial charge in [0.1, 0.15) is 5.82 Å². The van der Waals surface area contributed by atoms with Crippen molar-refractivity contribution in [2.75, 3.05) is 5.32 Å². The highest BCUT2D eigenvalue weighted by Crippen LogP contribution is 2.24. The highest BCUT2D eigenvalue weighted by Gasteiger charge is 2.07. The lowest BCUT2D eigenvalue weighted by Gasteiger charge is -2.09. The Bertz CT molecular complexity index is 706. The Morgan fingerprint density at radius 3 is 3.11 bits per heavy atom. The quantitative estimate of drug-likeness (QED) is 0.774. The van der Waals surface area contributed by atoms with Gasteiger partial charge in [0.25, 0.3) is 0 Å². The topological polar surface area (TPSA) is 29.3 Å². The third-order valence-electron chi connectivity index (χ3n) is 2.87. The third kappa shape index (κ3) is 2.50. The summed E-state index contributed by atoms with van der Waals surface area (Å²) in [7, 11) is 0. The van der Waals surface area contributed by atoms with Gasteiger partial charge in [-0.15, -0.1) is 11.3 Å². The van der Waals surface area contributed by atoms with Crippen molar-refractivity contribution < 1.29 is 4.39 Å². The van der Waals surface area contributed by atoms with Crippen LogP contribution in [0.25, 0.3) is 4.96 Å². The number of nitrogens with zero attached hydrogens (tertiary/aromatic N) is 2. The highest BCUT2D eigenvalue weighted by molar-refractivity contribution is 9.10. The maximum absolute atomic E-state index is 13.5. The number of fused-ring (bicyclic) bond motifs is 1. The summed E-state index contributed by atoms with van der Waals surface area (Å²) < 4.78 is 16.0. The van der Waals surface area contributed by atoms with E-state index in [1.807, 2.05) is 29.1 Å². The number of anilines is 1. The Labute approximate surface area is 122 Å². The van der Waals surface area contributed by atoms with Gasteiger partial charge in [0.05, 0.1) is 16.7 Å². The first kappa shape index (κ1) is 12.6. The van der Waals surface area contributed by atoms with Gasteiger partial charge in [0.15, 0.2) is 4.96 Å². The lowest BCUT2D eigenvalue weighted by atomic mass is 10.2. The van der Waals surface area contributed by atoms with Gasteiger partial charge < -0.3 is 5.32 Å². The van der Waals surface area contributed by atoms with Crippen LogP contribution in [0.2, 0.25) is 0 Å². The minimum atomic E-state index is -0.265. The summed E-state index contributed by atoms with van der Waals surface area (Å²) in [6.07, 6.45) is 3.95. The Balaban J connectivity index is 1.79. The van der Waals surface area contributed by atoms with E-state index in [-0.39, 0.29) is 5.82 Å². The molecule has 2 heterocycles. The van der Waals surface area contributed by atoms with Crippen LogP contribution in [-0.4, -0.2) is 9.38 Å². The van der Waals surface area contributed by atoms with Crippen molar-refractivity contribution >= 4 is 37.9 Å². The van der Waals surface area contributed by atoms with Gasteiger partial charge in [-0.25, -0.2) is 9.37 Å². The van der Waals surface area contributed by atoms with Gasteiger partial charge in [-0.05, 0) is 40.5 Å². The van der Waals surface area contributed by atoms with E-state index in [0.717, 1.165) is 21.9 Å². The monoisotopic (exact) mass is 339 g/mol. The molecule has 1 N–H and O–H groups in total. The zero-order valence-electron chi connectivity index (χ0n) is 10.2. The molecule has 0 aliphatic heterocycles. The van der Waals surface area contributed by atoms with Crippen molar-refractivity contribution in [1.29, 1.82) is 0 Å². The molecule has 1 aromatic carbocycles. The summed E-state index contributed by atoms with van der Waals surface area (Å²) in [6.45, 7) is 2.52.